The molecule has 1 aromatic rings. The van der Waals surface area contributed by atoms with Crippen molar-refractivity contribution in [2.75, 3.05) is 6.61 Å². The van der Waals surface area contributed by atoms with Crippen LogP contribution >= 0.6 is 0 Å². The van der Waals surface area contributed by atoms with Gasteiger partial charge in [-0.1, -0.05) is 30.4 Å². The van der Waals surface area contributed by atoms with Gasteiger partial charge in [0.2, 0.25) is 0 Å². The zero-order valence-corrected chi connectivity index (χ0v) is 10.6. The van der Waals surface area contributed by atoms with Crippen molar-refractivity contribution in [3.05, 3.63) is 66.9 Å². The van der Waals surface area contributed by atoms with Crippen LogP contribution in [0.5, 0.6) is 0 Å². The third kappa shape index (κ3) is 3.98. The van der Waals surface area contributed by atoms with Gasteiger partial charge in [0, 0.05) is 6.42 Å². The van der Waals surface area contributed by atoms with Crippen LogP contribution in [0.15, 0.2) is 77.1 Å². The summed E-state index contributed by atoms with van der Waals surface area (Å²) in [4.78, 5) is 0. The molecule has 0 aromatic heterocycles. The highest BCUT2D eigenvalue weighted by atomic mass is 16.6. The van der Waals surface area contributed by atoms with Crippen molar-refractivity contribution >= 4 is 5.69 Å². The van der Waals surface area contributed by atoms with Crippen molar-refractivity contribution in [1.82, 2.24) is 0 Å². The predicted octanol–water partition coefficient (Wildman–Crippen LogP) is 3.51. The Kier molecular flexibility index (Phi) is 4.39. The Morgan fingerprint density at radius 3 is 2.74 bits per heavy atom. The minimum Gasteiger partial charge on any atom is -0.362 e. The van der Waals surface area contributed by atoms with Gasteiger partial charge in [0.25, 0.3) is 0 Å². The zero-order chi connectivity index (χ0) is 13.6. The number of benzene rings is 1. The smallest absolute Gasteiger partial charge is 0.189 e. The van der Waals surface area contributed by atoms with Crippen LogP contribution in [0.3, 0.4) is 0 Å². The van der Waals surface area contributed by atoms with Gasteiger partial charge >= 0.3 is 0 Å². The largest absolute Gasteiger partial charge is 0.362 e. The van der Waals surface area contributed by atoms with E-state index in [4.69, 9.17) is 4.74 Å². The van der Waals surface area contributed by atoms with E-state index in [9.17, 15) is 5.11 Å². The van der Waals surface area contributed by atoms with Gasteiger partial charge in [-0.2, -0.15) is 10.2 Å². The molecule has 4 heteroatoms. The van der Waals surface area contributed by atoms with E-state index < -0.39 is 5.79 Å². The van der Waals surface area contributed by atoms with Gasteiger partial charge in [-0.25, -0.2) is 0 Å². The molecule has 19 heavy (non-hydrogen) atoms. The van der Waals surface area contributed by atoms with Crippen LogP contribution in [0.25, 0.3) is 0 Å². The Bertz CT molecular complexity index is 520. The van der Waals surface area contributed by atoms with Crippen LogP contribution in [0.2, 0.25) is 0 Å². The van der Waals surface area contributed by atoms with E-state index in [0.717, 1.165) is 5.69 Å². The Balaban J connectivity index is 1.97. The standard InChI is InChI=1S/C15H16N2O2/c1-2-12-19-15(18)10-8-14(9-11-15)17-16-13-6-4-3-5-7-13/h2-10,18H,1,11-12H2. The van der Waals surface area contributed by atoms with Crippen molar-refractivity contribution in [1.29, 1.82) is 0 Å². The SMILES string of the molecule is C=CCOC1(O)C=CC(N=Nc2ccccc2)=CC1. The Hall–Kier alpha value is -2.04. The van der Waals surface area contributed by atoms with E-state index in [1.165, 1.54) is 0 Å². The molecule has 2 rings (SSSR count). The summed E-state index contributed by atoms with van der Waals surface area (Å²) in [5.41, 5.74) is 1.50. The lowest BCUT2D eigenvalue weighted by Gasteiger charge is -2.25. The topological polar surface area (TPSA) is 54.2 Å². The van der Waals surface area contributed by atoms with Crippen molar-refractivity contribution in [2.45, 2.75) is 12.2 Å². The molecule has 0 amide bonds. The minimum absolute atomic E-state index is 0.301. The van der Waals surface area contributed by atoms with Crippen LogP contribution in [-0.2, 0) is 4.74 Å². The number of allylic oxidation sites excluding steroid dienone is 1. The molecule has 0 saturated heterocycles. The summed E-state index contributed by atoms with van der Waals surface area (Å²) in [7, 11) is 0. The van der Waals surface area contributed by atoms with Crippen molar-refractivity contribution < 1.29 is 9.84 Å². The third-order valence-corrected chi connectivity index (χ3v) is 2.61. The number of hydrogen-bond acceptors (Lipinski definition) is 4. The van der Waals surface area contributed by atoms with Crippen LogP contribution in [-0.4, -0.2) is 17.5 Å². The number of ether oxygens (including phenoxy) is 1. The normalized spacial score (nSPS) is 22.5. The Morgan fingerprint density at radius 2 is 2.11 bits per heavy atom. The van der Waals surface area contributed by atoms with E-state index in [2.05, 4.69) is 16.8 Å². The molecule has 1 aliphatic carbocycles. The van der Waals surface area contributed by atoms with Gasteiger partial charge in [-0.05, 0) is 24.3 Å². The zero-order valence-electron chi connectivity index (χ0n) is 10.6. The maximum Gasteiger partial charge on any atom is 0.189 e. The first-order valence-electron chi connectivity index (χ1n) is 6.05. The average molecular weight is 256 g/mol. The molecule has 0 saturated carbocycles. The minimum atomic E-state index is -1.26. The van der Waals surface area contributed by atoms with Gasteiger partial charge in [0.15, 0.2) is 5.79 Å². The molecule has 1 aliphatic rings. The van der Waals surface area contributed by atoms with Crippen molar-refractivity contribution in [3.63, 3.8) is 0 Å². The molecular weight excluding hydrogens is 240 g/mol. The number of hydrogen-bond donors (Lipinski definition) is 1. The van der Waals surface area contributed by atoms with Gasteiger partial charge < -0.3 is 9.84 Å². The molecule has 1 N–H and O–H groups in total. The quantitative estimate of drug-likeness (QED) is 0.498. The van der Waals surface area contributed by atoms with Crippen LogP contribution in [0.4, 0.5) is 5.69 Å². The molecular formula is C15H16N2O2. The molecule has 1 atom stereocenters. The number of rotatable bonds is 5. The summed E-state index contributed by atoms with van der Waals surface area (Å²) in [6.45, 7) is 3.85. The second-order valence-corrected chi connectivity index (χ2v) is 4.15. The van der Waals surface area contributed by atoms with Gasteiger partial charge in [-0.3, -0.25) is 0 Å². The summed E-state index contributed by atoms with van der Waals surface area (Å²) >= 11 is 0. The third-order valence-electron chi connectivity index (χ3n) is 2.61. The highest BCUT2D eigenvalue weighted by molar-refractivity contribution is 5.35. The molecule has 4 nitrogen and oxygen atoms in total. The van der Waals surface area contributed by atoms with E-state index in [1.807, 2.05) is 30.3 Å². The van der Waals surface area contributed by atoms with Crippen LogP contribution in [0.1, 0.15) is 6.42 Å². The molecule has 0 fully saturated rings. The maximum absolute atomic E-state index is 10.0. The first-order chi connectivity index (χ1) is 9.22. The highest BCUT2D eigenvalue weighted by Crippen LogP contribution is 2.24. The number of aliphatic hydroxyl groups is 1. The lowest BCUT2D eigenvalue weighted by Crippen LogP contribution is -2.30. The van der Waals surface area contributed by atoms with Crippen molar-refractivity contribution in [2.24, 2.45) is 10.2 Å². The Morgan fingerprint density at radius 1 is 1.32 bits per heavy atom. The molecule has 1 unspecified atom stereocenters. The molecule has 0 bridgehead atoms. The first kappa shape index (κ1) is 13.4. The predicted molar refractivity (Wildman–Crippen MR) is 73.9 cm³/mol. The molecule has 1 aromatic carbocycles. The molecule has 0 radical (unpaired) electrons. The van der Waals surface area contributed by atoms with Gasteiger partial charge in [0.1, 0.15) is 0 Å². The first-order valence-corrected chi connectivity index (χ1v) is 6.05. The van der Waals surface area contributed by atoms with E-state index in [0.29, 0.717) is 18.7 Å². The Labute approximate surface area is 112 Å². The fourth-order valence-corrected chi connectivity index (χ4v) is 1.60. The fourth-order valence-electron chi connectivity index (χ4n) is 1.60. The average Bonchev–Trinajstić information content (AvgIpc) is 2.46. The molecule has 0 heterocycles. The molecule has 0 spiro atoms. The van der Waals surface area contributed by atoms with E-state index in [-0.39, 0.29) is 0 Å². The maximum atomic E-state index is 10.0. The summed E-state index contributed by atoms with van der Waals surface area (Å²) < 4.78 is 5.26. The van der Waals surface area contributed by atoms with Gasteiger partial charge in [-0.15, -0.1) is 6.58 Å². The van der Waals surface area contributed by atoms with Gasteiger partial charge in [0.05, 0.1) is 18.0 Å². The van der Waals surface area contributed by atoms with Crippen LogP contribution < -0.4 is 0 Å². The summed E-state index contributed by atoms with van der Waals surface area (Å²) in [5, 5.41) is 18.3. The number of nitrogens with zero attached hydrogens (tertiary/aromatic N) is 2. The van der Waals surface area contributed by atoms with Crippen LogP contribution in [0, 0.1) is 0 Å². The monoisotopic (exact) mass is 256 g/mol. The second kappa shape index (κ2) is 6.22. The van der Waals surface area contributed by atoms with E-state index in [1.54, 1.807) is 24.3 Å². The summed E-state index contributed by atoms with van der Waals surface area (Å²) in [6, 6.07) is 9.48. The summed E-state index contributed by atoms with van der Waals surface area (Å²) in [5.74, 6) is -1.26. The lowest BCUT2D eigenvalue weighted by atomic mass is 10.1. The number of azo groups is 1. The summed E-state index contributed by atoms with van der Waals surface area (Å²) in [6.07, 6.45) is 7.00. The highest BCUT2D eigenvalue weighted by Gasteiger charge is 2.25. The lowest BCUT2D eigenvalue weighted by molar-refractivity contribution is -0.156. The van der Waals surface area contributed by atoms with E-state index >= 15 is 0 Å². The van der Waals surface area contributed by atoms with Crippen molar-refractivity contribution in [3.8, 4) is 0 Å². The fraction of sp³-hybridized carbons (Fsp3) is 0.200. The molecule has 0 aliphatic heterocycles. The second-order valence-electron chi connectivity index (χ2n) is 4.15. The molecule has 98 valence electrons.